The number of nitrogens with two attached hydrogens (primary N) is 1. The normalized spacial score (nSPS) is 18.9. The molecule has 1 atom stereocenters. The summed E-state index contributed by atoms with van der Waals surface area (Å²) in [4.78, 5) is 26.2. The molecular weight excluding hydrogens is 388 g/mol. The van der Waals surface area contributed by atoms with Gasteiger partial charge in [-0.3, -0.25) is 14.5 Å². The summed E-state index contributed by atoms with van der Waals surface area (Å²) < 4.78 is 0. The van der Waals surface area contributed by atoms with Crippen molar-refractivity contribution in [1.29, 1.82) is 5.26 Å². The lowest BCUT2D eigenvalue weighted by Gasteiger charge is -2.23. The summed E-state index contributed by atoms with van der Waals surface area (Å²) in [7, 11) is 0. The van der Waals surface area contributed by atoms with Gasteiger partial charge in [-0.2, -0.15) is 5.26 Å². The zero-order chi connectivity index (χ0) is 20.9. The lowest BCUT2D eigenvalue weighted by atomic mass is 9.99. The number of nitriles is 1. The first-order valence-electron chi connectivity index (χ1n) is 9.32. The topological polar surface area (TPSA) is 99.2 Å². The molecule has 1 fully saturated rings. The molecule has 1 heterocycles. The van der Waals surface area contributed by atoms with Gasteiger partial charge >= 0.3 is 0 Å². The summed E-state index contributed by atoms with van der Waals surface area (Å²) in [6.45, 7) is 1.92. The van der Waals surface area contributed by atoms with Gasteiger partial charge in [0.05, 0.1) is 12.5 Å². The molecule has 0 aliphatic carbocycles. The van der Waals surface area contributed by atoms with Gasteiger partial charge < -0.3 is 11.1 Å². The van der Waals surface area contributed by atoms with Gasteiger partial charge in [-0.05, 0) is 36.1 Å². The molecule has 0 bridgehead atoms. The van der Waals surface area contributed by atoms with Crippen LogP contribution in [0.2, 0.25) is 5.02 Å². The molecule has 3 N–H and O–H groups in total. The van der Waals surface area contributed by atoms with E-state index in [0.29, 0.717) is 23.6 Å². The summed E-state index contributed by atoms with van der Waals surface area (Å²) in [6.07, 6.45) is 2.20. The molecular formula is C22H22ClN4O2. The van der Waals surface area contributed by atoms with E-state index in [1.807, 2.05) is 30.3 Å². The van der Waals surface area contributed by atoms with E-state index in [2.05, 4.69) is 16.3 Å². The van der Waals surface area contributed by atoms with Gasteiger partial charge in [0, 0.05) is 30.2 Å². The van der Waals surface area contributed by atoms with Crippen LogP contribution >= 0.6 is 11.6 Å². The Bertz CT molecular complexity index is 942. The fourth-order valence-electron chi connectivity index (χ4n) is 3.53. The number of likely N-dealkylation sites (tertiary alicyclic amines) is 1. The molecule has 0 saturated carbocycles. The first kappa shape index (κ1) is 20.8. The highest BCUT2D eigenvalue weighted by Gasteiger charge is 2.39. The van der Waals surface area contributed by atoms with Crippen LogP contribution < -0.4 is 11.1 Å². The maximum Gasteiger partial charge on any atom is 0.249 e. The van der Waals surface area contributed by atoms with Gasteiger partial charge in [-0.1, -0.05) is 48.0 Å². The van der Waals surface area contributed by atoms with Crippen molar-refractivity contribution in [3.63, 3.8) is 0 Å². The zero-order valence-electron chi connectivity index (χ0n) is 15.9. The third kappa shape index (κ3) is 5.35. The zero-order valence-corrected chi connectivity index (χ0v) is 16.7. The molecule has 1 aliphatic rings. The van der Waals surface area contributed by atoms with Gasteiger partial charge in [0.1, 0.15) is 5.54 Å². The van der Waals surface area contributed by atoms with Gasteiger partial charge in [0.2, 0.25) is 11.8 Å². The van der Waals surface area contributed by atoms with Crippen molar-refractivity contribution in [2.75, 3.05) is 13.1 Å². The lowest BCUT2D eigenvalue weighted by molar-refractivity contribution is -0.119. The van der Waals surface area contributed by atoms with Crippen LogP contribution in [0.5, 0.6) is 0 Å². The largest absolute Gasteiger partial charge is 0.366 e. The maximum atomic E-state index is 12.5. The average molecular weight is 410 g/mol. The number of benzene rings is 2. The van der Waals surface area contributed by atoms with Gasteiger partial charge in [-0.15, -0.1) is 0 Å². The molecule has 1 unspecified atom stereocenters. The number of carbonyl (C=O) groups is 2. The minimum Gasteiger partial charge on any atom is -0.366 e. The number of halogens is 1. The molecule has 149 valence electrons. The lowest BCUT2D eigenvalue weighted by Crippen LogP contribution is -2.49. The van der Waals surface area contributed by atoms with Crippen LogP contribution in [0, 0.1) is 17.8 Å². The summed E-state index contributed by atoms with van der Waals surface area (Å²) in [6, 6.07) is 17.1. The van der Waals surface area contributed by atoms with E-state index >= 15 is 0 Å². The molecule has 1 saturated heterocycles. The first-order chi connectivity index (χ1) is 13.9. The minimum atomic E-state index is -0.922. The van der Waals surface area contributed by atoms with E-state index in [9.17, 15) is 14.9 Å². The second-order valence-corrected chi connectivity index (χ2v) is 7.64. The number of carbonyl (C=O) groups excluding carboxylic acids is 2. The van der Waals surface area contributed by atoms with Gasteiger partial charge in [0.25, 0.3) is 0 Å². The number of hydrogen-bond donors (Lipinski definition) is 2. The van der Waals surface area contributed by atoms with E-state index in [1.165, 1.54) is 18.1 Å². The molecule has 1 aliphatic heterocycles. The molecule has 3 rings (SSSR count). The minimum absolute atomic E-state index is 0.219. The van der Waals surface area contributed by atoms with Crippen LogP contribution in [0.4, 0.5) is 0 Å². The molecule has 2 amide bonds. The van der Waals surface area contributed by atoms with Crippen LogP contribution in [-0.4, -0.2) is 35.3 Å². The Hall–Kier alpha value is -2.88. The van der Waals surface area contributed by atoms with Crippen LogP contribution in [0.25, 0.3) is 0 Å². The van der Waals surface area contributed by atoms with Crippen molar-refractivity contribution >= 4 is 23.4 Å². The number of rotatable bonds is 7. The number of amides is 2. The van der Waals surface area contributed by atoms with E-state index in [4.69, 9.17) is 17.3 Å². The molecule has 2 aromatic rings. The van der Waals surface area contributed by atoms with E-state index in [-0.39, 0.29) is 17.9 Å². The SMILES string of the molecule is N#CC1(NC(=O)[CH]Cc2ccc(Cl)cc2C(N)=O)CCN(Cc2ccccc2)C1. The van der Waals surface area contributed by atoms with Crippen LogP contribution in [0.1, 0.15) is 27.9 Å². The van der Waals surface area contributed by atoms with Crippen molar-refractivity contribution in [1.82, 2.24) is 10.2 Å². The molecule has 6 nitrogen and oxygen atoms in total. The van der Waals surface area contributed by atoms with Gasteiger partial charge in [0.15, 0.2) is 0 Å². The maximum absolute atomic E-state index is 12.5. The van der Waals surface area contributed by atoms with E-state index in [1.54, 1.807) is 12.1 Å². The molecule has 1 radical (unpaired) electrons. The third-order valence-electron chi connectivity index (χ3n) is 5.02. The van der Waals surface area contributed by atoms with Crippen LogP contribution in [0.15, 0.2) is 48.5 Å². The Balaban J connectivity index is 1.58. The highest BCUT2D eigenvalue weighted by atomic mass is 35.5. The van der Waals surface area contributed by atoms with Crippen LogP contribution in [0.3, 0.4) is 0 Å². The standard InChI is InChI=1S/C22H22ClN4O2/c23-18-8-6-17(19(12-18)21(25)29)7-9-20(28)26-22(14-24)10-11-27(15-22)13-16-4-2-1-3-5-16/h1-6,8-9,12H,7,10-11,13,15H2,(H2,25,29)(H,26,28). The van der Waals surface area contributed by atoms with Gasteiger partial charge in [-0.25, -0.2) is 0 Å². The van der Waals surface area contributed by atoms with Crippen molar-refractivity contribution in [3.8, 4) is 6.07 Å². The summed E-state index contributed by atoms with van der Waals surface area (Å²) >= 11 is 5.91. The molecule has 0 spiro atoms. The quantitative estimate of drug-likeness (QED) is 0.733. The molecule has 7 heteroatoms. The highest BCUT2D eigenvalue weighted by Crippen LogP contribution is 2.23. The summed E-state index contributed by atoms with van der Waals surface area (Å²) in [5.41, 5.74) is 6.52. The number of nitrogens with one attached hydrogen (secondary N) is 1. The Kier molecular flexibility index (Phi) is 6.53. The second-order valence-electron chi connectivity index (χ2n) is 7.20. The molecule has 2 aromatic carbocycles. The Morgan fingerprint density at radius 3 is 2.72 bits per heavy atom. The summed E-state index contributed by atoms with van der Waals surface area (Å²) in [5, 5.41) is 13.0. The van der Waals surface area contributed by atoms with Crippen molar-refractivity contribution < 1.29 is 9.59 Å². The smallest absolute Gasteiger partial charge is 0.249 e. The monoisotopic (exact) mass is 409 g/mol. The molecule has 29 heavy (non-hydrogen) atoms. The van der Waals surface area contributed by atoms with Crippen molar-refractivity contribution in [3.05, 3.63) is 76.7 Å². The van der Waals surface area contributed by atoms with Crippen molar-refractivity contribution in [2.24, 2.45) is 5.73 Å². The van der Waals surface area contributed by atoms with E-state index in [0.717, 1.165) is 13.1 Å². The number of nitrogens with zero attached hydrogens (tertiary/aromatic N) is 2. The highest BCUT2D eigenvalue weighted by molar-refractivity contribution is 6.31. The number of hydrogen-bond acceptors (Lipinski definition) is 4. The molecule has 0 aromatic heterocycles. The fourth-order valence-corrected chi connectivity index (χ4v) is 3.70. The predicted octanol–water partition coefficient (Wildman–Crippen LogP) is 2.47. The summed E-state index contributed by atoms with van der Waals surface area (Å²) in [5.74, 6) is -0.948. The Morgan fingerprint density at radius 1 is 1.28 bits per heavy atom. The fraction of sp³-hybridized carbons (Fsp3) is 0.273. The van der Waals surface area contributed by atoms with E-state index < -0.39 is 11.4 Å². The Morgan fingerprint density at radius 2 is 2.03 bits per heavy atom. The average Bonchev–Trinajstić information content (AvgIpc) is 3.10. The van der Waals surface area contributed by atoms with Crippen LogP contribution in [-0.2, 0) is 17.8 Å². The Labute approximate surface area is 175 Å². The third-order valence-corrected chi connectivity index (χ3v) is 5.25. The predicted molar refractivity (Wildman–Crippen MR) is 111 cm³/mol. The second kappa shape index (κ2) is 9.08. The van der Waals surface area contributed by atoms with Crippen molar-refractivity contribution in [2.45, 2.75) is 24.9 Å². The first-order valence-corrected chi connectivity index (χ1v) is 9.70. The number of primary amides is 1.